The van der Waals surface area contributed by atoms with Crippen LogP contribution >= 0.6 is 54.5 Å². The zero-order valence-corrected chi connectivity index (χ0v) is 40.9. The van der Waals surface area contributed by atoms with Crippen LogP contribution in [0.15, 0.2) is 120 Å². The van der Waals surface area contributed by atoms with Crippen LogP contribution in [0.25, 0.3) is 0 Å². The van der Waals surface area contributed by atoms with Gasteiger partial charge in [-0.15, -0.1) is 22.7 Å². The highest BCUT2D eigenvalue weighted by Gasteiger charge is 2.31. The smallest absolute Gasteiger partial charge is 0.243 e. The van der Waals surface area contributed by atoms with Gasteiger partial charge in [0.1, 0.15) is 0 Å². The van der Waals surface area contributed by atoms with E-state index in [4.69, 9.17) is 9.97 Å². The number of halogens is 2. The zero-order chi connectivity index (χ0) is 43.1. The molecule has 0 aliphatic carbocycles. The van der Waals surface area contributed by atoms with Crippen molar-refractivity contribution >= 4 is 84.8 Å². The molecule has 0 bridgehead atoms. The standard InChI is InChI=1S/C23H26BrN3O2S2.C22H24BrN3O2S2/c1-2-3-18-4-6-19(7-5-18)16-21-17-30-23(25-21)26-12-14-27(15-13-26)31(28,29)22-10-8-20(24)9-11-22;1-16-4-3-5-17(2)21(16)14-19-15-29-22(24-19)25-10-12-26(13-11-25)30(27,28)20-8-6-18(23)7-9-20/h4-11,17H,2-3,12-16H2,1H3;3-9,15H,10-14H2,1-2H3. The van der Waals surface area contributed by atoms with Crippen LogP contribution in [0.5, 0.6) is 0 Å². The van der Waals surface area contributed by atoms with Crippen molar-refractivity contribution in [1.29, 1.82) is 0 Å². The van der Waals surface area contributed by atoms with Gasteiger partial charge in [-0.2, -0.15) is 8.61 Å². The maximum absolute atomic E-state index is 12.9. The summed E-state index contributed by atoms with van der Waals surface area (Å²) in [5, 5.41) is 6.17. The second-order valence-electron chi connectivity index (χ2n) is 15.2. The molecule has 2 saturated heterocycles. The van der Waals surface area contributed by atoms with Gasteiger partial charge in [0.2, 0.25) is 20.0 Å². The maximum Gasteiger partial charge on any atom is 0.243 e. The molecule has 0 atom stereocenters. The van der Waals surface area contributed by atoms with E-state index in [1.165, 1.54) is 27.8 Å². The van der Waals surface area contributed by atoms with Crippen LogP contribution in [0, 0.1) is 13.8 Å². The zero-order valence-electron chi connectivity index (χ0n) is 34.5. The molecular weight excluding hydrogens is 977 g/mol. The maximum atomic E-state index is 12.9. The van der Waals surface area contributed by atoms with Gasteiger partial charge in [-0.05, 0) is 96.6 Å². The predicted octanol–water partition coefficient (Wildman–Crippen LogP) is 9.58. The molecule has 0 radical (unpaired) electrons. The summed E-state index contributed by atoms with van der Waals surface area (Å²) in [5.41, 5.74) is 8.68. The molecule has 0 N–H and O–H groups in total. The van der Waals surface area contributed by atoms with Gasteiger partial charge in [0.05, 0.1) is 21.2 Å². The molecule has 2 aromatic heterocycles. The van der Waals surface area contributed by atoms with Gasteiger partial charge in [0.25, 0.3) is 0 Å². The minimum absolute atomic E-state index is 0.337. The summed E-state index contributed by atoms with van der Waals surface area (Å²) >= 11 is 9.97. The van der Waals surface area contributed by atoms with E-state index >= 15 is 0 Å². The fourth-order valence-electron chi connectivity index (χ4n) is 7.43. The second kappa shape index (κ2) is 20.4. The van der Waals surface area contributed by atoms with Crippen LogP contribution in [0.1, 0.15) is 52.5 Å². The molecule has 2 aliphatic heterocycles. The Kier molecular flexibility index (Phi) is 15.2. The van der Waals surface area contributed by atoms with Crippen molar-refractivity contribution in [3.8, 4) is 0 Å². The van der Waals surface area contributed by atoms with Gasteiger partial charge in [-0.3, -0.25) is 0 Å². The predicted molar refractivity (Wildman–Crippen MR) is 256 cm³/mol. The molecule has 322 valence electrons. The molecule has 10 nitrogen and oxygen atoms in total. The van der Waals surface area contributed by atoms with Gasteiger partial charge in [-0.1, -0.05) is 87.7 Å². The lowest BCUT2D eigenvalue weighted by Gasteiger charge is -2.33. The van der Waals surface area contributed by atoms with Crippen molar-refractivity contribution in [1.82, 2.24) is 18.6 Å². The summed E-state index contributed by atoms with van der Waals surface area (Å²) in [6.07, 6.45) is 3.92. The fraction of sp³-hybridized carbons (Fsp3) is 0.333. The Morgan fingerprint density at radius 2 is 0.967 bits per heavy atom. The first-order valence-electron chi connectivity index (χ1n) is 20.3. The van der Waals surface area contributed by atoms with Crippen LogP contribution < -0.4 is 9.80 Å². The summed E-state index contributed by atoms with van der Waals surface area (Å²) in [6, 6.07) is 28.8. The van der Waals surface area contributed by atoms with Crippen molar-refractivity contribution in [2.24, 2.45) is 0 Å². The first-order valence-corrected chi connectivity index (χ1v) is 26.6. The first-order chi connectivity index (χ1) is 29.3. The van der Waals surface area contributed by atoms with E-state index in [-0.39, 0.29) is 0 Å². The van der Waals surface area contributed by atoms with E-state index in [2.05, 4.69) is 116 Å². The third kappa shape index (κ3) is 11.4. The number of aromatic nitrogens is 2. The van der Waals surface area contributed by atoms with Crippen LogP contribution in [0.2, 0.25) is 0 Å². The Hall–Kier alpha value is -3.48. The van der Waals surface area contributed by atoms with Crippen molar-refractivity contribution in [2.45, 2.75) is 56.2 Å². The lowest BCUT2D eigenvalue weighted by Crippen LogP contribution is -2.48. The molecule has 4 heterocycles. The number of rotatable bonds is 12. The van der Waals surface area contributed by atoms with Gasteiger partial charge in [-0.25, -0.2) is 26.8 Å². The minimum Gasteiger partial charge on any atom is -0.345 e. The highest BCUT2D eigenvalue weighted by molar-refractivity contribution is 9.10. The molecule has 4 aromatic carbocycles. The van der Waals surface area contributed by atoms with Crippen molar-refractivity contribution < 1.29 is 16.8 Å². The Labute approximate surface area is 385 Å². The Bertz CT molecular complexity index is 2580. The lowest BCUT2D eigenvalue weighted by atomic mass is 9.99. The lowest BCUT2D eigenvalue weighted by molar-refractivity contribution is 0.384. The monoisotopic (exact) mass is 1020 g/mol. The number of nitrogens with zero attached hydrogens (tertiary/aromatic N) is 6. The van der Waals surface area contributed by atoms with Crippen molar-refractivity contribution in [3.63, 3.8) is 0 Å². The van der Waals surface area contributed by atoms with E-state index in [1.807, 2.05) is 0 Å². The number of aryl methyl sites for hydroxylation is 3. The summed E-state index contributed by atoms with van der Waals surface area (Å²) in [4.78, 5) is 14.7. The quantitative estimate of drug-likeness (QED) is 0.119. The molecule has 2 fully saturated rings. The van der Waals surface area contributed by atoms with E-state index in [0.29, 0.717) is 62.1 Å². The van der Waals surface area contributed by atoms with Crippen LogP contribution in [0.4, 0.5) is 10.3 Å². The molecule has 2 aliphatic rings. The average Bonchev–Trinajstić information content (AvgIpc) is 3.94. The topological polar surface area (TPSA) is 107 Å². The van der Waals surface area contributed by atoms with Crippen LogP contribution in [-0.4, -0.2) is 87.8 Å². The van der Waals surface area contributed by atoms with E-state index in [0.717, 1.165) is 56.3 Å². The Balaban J connectivity index is 0.000000184. The molecule has 16 heteroatoms. The van der Waals surface area contributed by atoms with E-state index in [1.54, 1.807) is 79.8 Å². The van der Waals surface area contributed by atoms with Crippen molar-refractivity contribution in [2.75, 3.05) is 62.2 Å². The number of piperazine rings is 2. The number of hydrogen-bond acceptors (Lipinski definition) is 10. The normalized spacial score (nSPS) is 15.4. The Morgan fingerprint density at radius 3 is 1.39 bits per heavy atom. The molecule has 0 saturated carbocycles. The summed E-state index contributed by atoms with van der Waals surface area (Å²) < 4.78 is 56.4. The molecule has 61 heavy (non-hydrogen) atoms. The van der Waals surface area contributed by atoms with Gasteiger partial charge in [0, 0.05) is 84.9 Å². The third-order valence-electron chi connectivity index (χ3n) is 10.9. The highest BCUT2D eigenvalue weighted by Crippen LogP contribution is 2.29. The molecule has 0 spiro atoms. The number of sulfonamides is 2. The number of benzene rings is 4. The van der Waals surface area contributed by atoms with Gasteiger partial charge < -0.3 is 9.80 Å². The summed E-state index contributed by atoms with van der Waals surface area (Å²) in [6.45, 7) is 10.9. The Morgan fingerprint density at radius 1 is 0.557 bits per heavy atom. The van der Waals surface area contributed by atoms with Gasteiger partial charge in [0.15, 0.2) is 10.3 Å². The molecular formula is C45H50Br2N6O4S4. The van der Waals surface area contributed by atoms with E-state index < -0.39 is 20.0 Å². The molecule has 6 aromatic rings. The van der Waals surface area contributed by atoms with E-state index in [9.17, 15) is 16.8 Å². The van der Waals surface area contributed by atoms with Crippen LogP contribution in [-0.2, 0) is 39.3 Å². The minimum atomic E-state index is -3.46. The van der Waals surface area contributed by atoms with Gasteiger partial charge >= 0.3 is 0 Å². The fourth-order valence-corrected chi connectivity index (χ4v) is 12.6. The second-order valence-corrected chi connectivity index (χ2v) is 22.6. The largest absolute Gasteiger partial charge is 0.345 e. The third-order valence-corrected chi connectivity index (χ3v) is 17.7. The molecule has 0 unspecified atom stereocenters. The van der Waals surface area contributed by atoms with Crippen LogP contribution in [0.3, 0.4) is 0 Å². The number of anilines is 2. The first kappa shape index (κ1) is 45.5. The number of thiazole rings is 2. The summed E-state index contributed by atoms with van der Waals surface area (Å²) in [7, 11) is -6.92. The number of hydrogen-bond donors (Lipinski definition) is 0. The SMILES string of the molecule is CCCc1ccc(Cc2csc(N3CCN(S(=O)(=O)c4ccc(Br)cc4)CC3)n2)cc1.Cc1cccc(C)c1Cc1csc(N2CCN(S(=O)(=O)c3ccc(Br)cc3)CC2)n1. The molecule has 8 rings (SSSR count). The van der Waals surface area contributed by atoms with Crippen molar-refractivity contribution in [3.05, 3.63) is 150 Å². The summed E-state index contributed by atoms with van der Waals surface area (Å²) in [5.74, 6) is 0. The highest BCUT2D eigenvalue weighted by atomic mass is 79.9. The average molecular weight is 1030 g/mol. The molecule has 0 amide bonds.